The van der Waals surface area contributed by atoms with Gasteiger partial charge in [0.2, 0.25) is 0 Å². The van der Waals surface area contributed by atoms with E-state index in [1.807, 2.05) is 16.8 Å². The first-order valence-corrected chi connectivity index (χ1v) is 7.77. The third-order valence-corrected chi connectivity index (χ3v) is 3.89. The number of anilines is 1. The zero-order chi connectivity index (χ0) is 14.8. The zero-order valence-electron chi connectivity index (χ0n) is 11.7. The molecule has 1 aromatic carbocycles. The van der Waals surface area contributed by atoms with E-state index in [1.54, 1.807) is 6.33 Å². The number of rotatable bonds is 5. The van der Waals surface area contributed by atoms with Gasteiger partial charge in [0, 0.05) is 6.54 Å². The van der Waals surface area contributed by atoms with Gasteiger partial charge in [0.15, 0.2) is 0 Å². The van der Waals surface area contributed by atoms with Crippen LogP contribution in [0.3, 0.4) is 0 Å². The molecule has 0 spiro atoms. The normalized spacial score (nSPS) is 11.4. The minimum absolute atomic E-state index is 0.514. The van der Waals surface area contributed by atoms with E-state index < -0.39 is 0 Å². The highest BCUT2D eigenvalue weighted by Crippen LogP contribution is 2.30. The van der Waals surface area contributed by atoms with Crippen LogP contribution in [0.2, 0.25) is 5.02 Å². The second-order valence-electron chi connectivity index (χ2n) is 5.16. The van der Waals surface area contributed by atoms with Crippen LogP contribution in [0, 0.1) is 5.92 Å². The lowest BCUT2D eigenvalue weighted by Crippen LogP contribution is -2.13. The van der Waals surface area contributed by atoms with Crippen LogP contribution in [0.4, 0.5) is 5.69 Å². The fourth-order valence-corrected chi connectivity index (χ4v) is 2.85. The number of halogens is 1. The molecular weight excluding hydrogens is 308 g/mol. The van der Waals surface area contributed by atoms with Crippen LogP contribution in [0.15, 0.2) is 18.5 Å². The largest absolute Gasteiger partial charge is 0.375 e. The van der Waals surface area contributed by atoms with Crippen molar-refractivity contribution < 1.29 is 0 Å². The number of benzene rings is 1. The van der Waals surface area contributed by atoms with Crippen molar-refractivity contribution in [1.82, 2.24) is 23.5 Å². The molecule has 0 bridgehead atoms. The molecule has 21 heavy (non-hydrogen) atoms. The Morgan fingerprint density at radius 1 is 1.33 bits per heavy atom. The molecule has 0 aliphatic heterocycles. The van der Waals surface area contributed by atoms with Crippen molar-refractivity contribution in [3.8, 4) is 0 Å². The minimum Gasteiger partial charge on any atom is -0.375 e. The predicted octanol–water partition coefficient (Wildman–Crippen LogP) is 3.20. The van der Waals surface area contributed by atoms with Crippen LogP contribution in [0.25, 0.3) is 11.0 Å². The fraction of sp³-hybridized carbons (Fsp3) is 0.385. The van der Waals surface area contributed by atoms with Crippen molar-refractivity contribution in [2.24, 2.45) is 5.92 Å². The summed E-state index contributed by atoms with van der Waals surface area (Å²) in [6.45, 7) is 5.69. The van der Waals surface area contributed by atoms with E-state index in [1.165, 1.54) is 11.7 Å². The molecule has 0 saturated heterocycles. The number of fused-ring (bicyclic) bond motifs is 1. The summed E-state index contributed by atoms with van der Waals surface area (Å²) in [6.07, 6.45) is 1.58. The van der Waals surface area contributed by atoms with Gasteiger partial charge >= 0.3 is 0 Å². The van der Waals surface area contributed by atoms with Crippen molar-refractivity contribution in [2.75, 3.05) is 5.32 Å². The Hall–Kier alpha value is -1.73. The van der Waals surface area contributed by atoms with Gasteiger partial charge in [0.05, 0.1) is 29.0 Å². The molecule has 3 aromatic rings. The van der Waals surface area contributed by atoms with E-state index in [2.05, 4.69) is 38.0 Å². The van der Waals surface area contributed by atoms with E-state index in [-0.39, 0.29) is 0 Å². The molecular formula is C13H15ClN6S. The summed E-state index contributed by atoms with van der Waals surface area (Å²) in [7, 11) is 0. The van der Waals surface area contributed by atoms with Gasteiger partial charge in [-0.1, -0.05) is 25.4 Å². The van der Waals surface area contributed by atoms with E-state index in [0.29, 0.717) is 17.5 Å². The van der Waals surface area contributed by atoms with E-state index >= 15 is 0 Å². The summed E-state index contributed by atoms with van der Waals surface area (Å²) in [5.41, 5.74) is 2.43. The quantitative estimate of drug-likeness (QED) is 0.781. The first-order valence-electron chi connectivity index (χ1n) is 6.66. The van der Waals surface area contributed by atoms with Crippen LogP contribution in [0.5, 0.6) is 0 Å². The van der Waals surface area contributed by atoms with Crippen molar-refractivity contribution >= 4 is 40.0 Å². The lowest BCUT2D eigenvalue weighted by Gasteiger charge is -2.11. The van der Waals surface area contributed by atoms with Crippen molar-refractivity contribution in [2.45, 2.75) is 26.9 Å². The number of nitrogens with one attached hydrogen (secondary N) is 1. The number of aromatic nitrogens is 5. The molecule has 2 heterocycles. The van der Waals surface area contributed by atoms with Crippen LogP contribution in [-0.4, -0.2) is 23.5 Å². The summed E-state index contributed by atoms with van der Waals surface area (Å²) in [5, 5.41) is 8.19. The van der Waals surface area contributed by atoms with Gasteiger partial charge in [-0.25, -0.2) is 9.67 Å². The third kappa shape index (κ3) is 2.98. The van der Waals surface area contributed by atoms with Crippen molar-refractivity contribution in [3.63, 3.8) is 0 Å². The zero-order valence-corrected chi connectivity index (χ0v) is 13.3. The SMILES string of the molecule is CC(C)Cn1ncnc1CNc1c(Cl)ccc2nsnc12. The van der Waals surface area contributed by atoms with E-state index in [4.69, 9.17) is 11.6 Å². The predicted molar refractivity (Wildman–Crippen MR) is 84.6 cm³/mol. The molecule has 110 valence electrons. The Balaban J connectivity index is 1.82. The molecule has 6 nitrogen and oxygen atoms in total. The van der Waals surface area contributed by atoms with E-state index in [9.17, 15) is 0 Å². The Morgan fingerprint density at radius 2 is 2.19 bits per heavy atom. The summed E-state index contributed by atoms with van der Waals surface area (Å²) >= 11 is 7.43. The maximum atomic E-state index is 6.26. The summed E-state index contributed by atoms with van der Waals surface area (Å²) in [5.74, 6) is 1.39. The van der Waals surface area contributed by atoms with Crippen LogP contribution in [0.1, 0.15) is 19.7 Å². The molecule has 2 aromatic heterocycles. The van der Waals surface area contributed by atoms with E-state index in [0.717, 1.165) is 29.1 Å². The lowest BCUT2D eigenvalue weighted by atomic mass is 10.2. The smallest absolute Gasteiger partial charge is 0.146 e. The molecule has 3 rings (SSSR count). The highest BCUT2D eigenvalue weighted by molar-refractivity contribution is 7.00. The third-order valence-electron chi connectivity index (χ3n) is 3.03. The second-order valence-corrected chi connectivity index (χ2v) is 6.10. The average Bonchev–Trinajstić information content (AvgIpc) is 3.06. The Morgan fingerprint density at radius 3 is 3.00 bits per heavy atom. The minimum atomic E-state index is 0.514. The fourth-order valence-electron chi connectivity index (χ4n) is 2.09. The van der Waals surface area contributed by atoms with Gasteiger partial charge in [-0.05, 0) is 18.1 Å². The molecule has 0 unspecified atom stereocenters. The van der Waals surface area contributed by atoms with Crippen molar-refractivity contribution in [3.05, 3.63) is 29.3 Å². The molecule has 0 radical (unpaired) electrons. The second kappa shape index (κ2) is 5.95. The molecule has 0 atom stereocenters. The van der Waals surface area contributed by atoms with Crippen molar-refractivity contribution in [1.29, 1.82) is 0 Å². The number of nitrogens with zero attached hydrogens (tertiary/aromatic N) is 5. The number of hydrogen-bond donors (Lipinski definition) is 1. The van der Waals surface area contributed by atoms with Gasteiger partial charge in [-0.3, -0.25) is 0 Å². The lowest BCUT2D eigenvalue weighted by molar-refractivity contribution is 0.468. The molecule has 8 heteroatoms. The highest BCUT2D eigenvalue weighted by Gasteiger charge is 2.11. The van der Waals surface area contributed by atoms with Gasteiger partial charge in [-0.15, -0.1) is 0 Å². The van der Waals surface area contributed by atoms with Gasteiger partial charge in [0.1, 0.15) is 23.2 Å². The average molecular weight is 323 g/mol. The molecule has 0 amide bonds. The molecule has 0 saturated carbocycles. The van der Waals surface area contributed by atoms with Gasteiger partial charge in [0.25, 0.3) is 0 Å². The first-order chi connectivity index (χ1) is 10.1. The van der Waals surface area contributed by atoms with Gasteiger partial charge < -0.3 is 5.32 Å². The standard InChI is InChI=1S/C13H15ClN6S/c1-8(2)6-20-11(16-7-17-20)5-15-12-9(14)3-4-10-13(12)19-21-18-10/h3-4,7-8,15H,5-6H2,1-2H3. The van der Waals surface area contributed by atoms with Crippen LogP contribution >= 0.6 is 23.3 Å². The topological polar surface area (TPSA) is 68.5 Å². The highest BCUT2D eigenvalue weighted by atomic mass is 35.5. The summed E-state index contributed by atoms with van der Waals surface area (Å²) < 4.78 is 10.4. The summed E-state index contributed by atoms with van der Waals surface area (Å²) in [4.78, 5) is 4.29. The monoisotopic (exact) mass is 322 g/mol. The summed E-state index contributed by atoms with van der Waals surface area (Å²) in [6, 6.07) is 3.69. The van der Waals surface area contributed by atoms with Gasteiger partial charge in [-0.2, -0.15) is 13.8 Å². The first kappa shape index (κ1) is 14.2. The Kier molecular flexibility index (Phi) is 4.03. The maximum Gasteiger partial charge on any atom is 0.146 e. The maximum absolute atomic E-state index is 6.26. The Labute approximate surface area is 131 Å². The van der Waals surface area contributed by atoms with Crippen LogP contribution in [-0.2, 0) is 13.1 Å². The Bertz CT molecular complexity index is 750. The molecule has 0 fully saturated rings. The molecule has 0 aliphatic carbocycles. The van der Waals surface area contributed by atoms with Crippen LogP contribution < -0.4 is 5.32 Å². The number of hydrogen-bond acceptors (Lipinski definition) is 6. The molecule has 1 N–H and O–H groups in total. The molecule has 0 aliphatic rings.